The van der Waals surface area contributed by atoms with Crippen LogP contribution < -0.4 is 10.2 Å². The lowest BCUT2D eigenvalue weighted by Crippen LogP contribution is -2.43. The summed E-state index contributed by atoms with van der Waals surface area (Å²) in [7, 11) is 3.99. The van der Waals surface area contributed by atoms with Crippen molar-refractivity contribution in [2.75, 3.05) is 37.4 Å². The number of aryl methyl sites for hydroxylation is 1. The fraction of sp³-hybridized carbons (Fsp3) is 0.400. The van der Waals surface area contributed by atoms with Gasteiger partial charge in [-0.25, -0.2) is 0 Å². The first-order chi connectivity index (χ1) is 12.5. The summed E-state index contributed by atoms with van der Waals surface area (Å²) in [5.41, 5.74) is 2.97. The summed E-state index contributed by atoms with van der Waals surface area (Å²) in [4.78, 5) is 29.9. The van der Waals surface area contributed by atoms with Gasteiger partial charge in [0.1, 0.15) is 0 Å². The molecule has 1 saturated heterocycles. The number of nitrogens with zero attached hydrogens (tertiary/aromatic N) is 2. The lowest BCUT2D eigenvalue weighted by Gasteiger charge is -2.32. The maximum absolute atomic E-state index is 12.7. The number of hydrogen-bond acceptors (Lipinski definition) is 4. The van der Waals surface area contributed by atoms with Gasteiger partial charge in [-0.05, 0) is 55.0 Å². The third-order valence-corrected chi connectivity index (χ3v) is 5.65. The molecule has 0 aliphatic carbocycles. The van der Waals surface area contributed by atoms with Crippen LogP contribution in [0.4, 0.5) is 11.4 Å². The Morgan fingerprint density at radius 3 is 2.73 bits per heavy atom. The monoisotopic (exact) mass is 371 g/mol. The molecule has 1 atom stereocenters. The normalized spacial score (nSPS) is 17.0. The van der Waals surface area contributed by atoms with Crippen LogP contribution in [0, 0.1) is 12.8 Å². The molecule has 0 saturated carbocycles. The lowest BCUT2D eigenvalue weighted by atomic mass is 9.96. The molecule has 138 valence electrons. The van der Waals surface area contributed by atoms with Crippen molar-refractivity contribution >= 4 is 34.5 Å². The van der Waals surface area contributed by atoms with E-state index in [9.17, 15) is 9.59 Å². The van der Waals surface area contributed by atoms with E-state index in [2.05, 4.69) is 11.4 Å². The molecular weight excluding hydrogens is 346 g/mol. The number of hydrogen-bond donors (Lipinski definition) is 1. The highest BCUT2D eigenvalue weighted by molar-refractivity contribution is 7.12. The number of carbonyl (C=O) groups is 2. The van der Waals surface area contributed by atoms with E-state index in [4.69, 9.17) is 0 Å². The zero-order valence-corrected chi connectivity index (χ0v) is 16.3. The van der Waals surface area contributed by atoms with E-state index < -0.39 is 0 Å². The van der Waals surface area contributed by atoms with Crippen molar-refractivity contribution in [1.82, 2.24) is 4.90 Å². The Hall–Kier alpha value is -2.34. The van der Waals surface area contributed by atoms with Crippen molar-refractivity contribution in [2.24, 2.45) is 5.92 Å². The quantitative estimate of drug-likeness (QED) is 0.893. The van der Waals surface area contributed by atoms with E-state index in [0.717, 1.165) is 41.2 Å². The topological polar surface area (TPSA) is 52.7 Å². The SMILES string of the molecule is Cc1cc(N(C)C)ccc1NC(=O)C1CCCN(C(=O)c2cccs2)C1. The van der Waals surface area contributed by atoms with Crippen LogP contribution >= 0.6 is 11.3 Å². The number of anilines is 2. The predicted molar refractivity (Wildman–Crippen MR) is 107 cm³/mol. The molecule has 2 aromatic rings. The first-order valence-electron chi connectivity index (χ1n) is 8.87. The van der Waals surface area contributed by atoms with Crippen molar-refractivity contribution in [3.63, 3.8) is 0 Å². The van der Waals surface area contributed by atoms with Crippen molar-refractivity contribution in [2.45, 2.75) is 19.8 Å². The Morgan fingerprint density at radius 1 is 1.27 bits per heavy atom. The number of amides is 2. The Balaban J connectivity index is 1.65. The van der Waals surface area contributed by atoms with E-state index >= 15 is 0 Å². The molecule has 1 aliphatic heterocycles. The highest BCUT2D eigenvalue weighted by Crippen LogP contribution is 2.25. The second-order valence-corrected chi connectivity index (χ2v) is 7.90. The minimum Gasteiger partial charge on any atom is -0.378 e. The Morgan fingerprint density at radius 2 is 2.08 bits per heavy atom. The minimum absolute atomic E-state index is 0.00520. The van der Waals surface area contributed by atoms with Crippen LogP contribution in [0.25, 0.3) is 0 Å². The fourth-order valence-electron chi connectivity index (χ4n) is 3.23. The highest BCUT2D eigenvalue weighted by atomic mass is 32.1. The smallest absolute Gasteiger partial charge is 0.263 e. The molecule has 3 rings (SSSR count). The first kappa shape index (κ1) is 18.5. The first-order valence-corrected chi connectivity index (χ1v) is 9.75. The van der Waals surface area contributed by atoms with Crippen molar-refractivity contribution < 1.29 is 9.59 Å². The maximum Gasteiger partial charge on any atom is 0.263 e. The second-order valence-electron chi connectivity index (χ2n) is 6.95. The van der Waals surface area contributed by atoms with Gasteiger partial charge < -0.3 is 15.1 Å². The summed E-state index contributed by atoms with van der Waals surface area (Å²) >= 11 is 1.45. The summed E-state index contributed by atoms with van der Waals surface area (Å²) in [6.45, 7) is 3.20. The fourth-order valence-corrected chi connectivity index (χ4v) is 3.92. The average molecular weight is 372 g/mol. The van der Waals surface area contributed by atoms with E-state index in [1.165, 1.54) is 11.3 Å². The van der Waals surface area contributed by atoms with Crippen molar-refractivity contribution in [3.8, 4) is 0 Å². The summed E-state index contributed by atoms with van der Waals surface area (Å²) in [6, 6.07) is 9.72. The van der Waals surface area contributed by atoms with Gasteiger partial charge in [0.05, 0.1) is 10.8 Å². The zero-order chi connectivity index (χ0) is 18.7. The Kier molecular flexibility index (Phi) is 5.61. The molecule has 1 unspecified atom stereocenters. The van der Waals surface area contributed by atoms with Crippen LogP contribution in [0.5, 0.6) is 0 Å². The summed E-state index contributed by atoms with van der Waals surface area (Å²) < 4.78 is 0. The van der Waals surface area contributed by atoms with Gasteiger partial charge in [0.15, 0.2) is 0 Å². The van der Waals surface area contributed by atoms with Gasteiger partial charge in [-0.3, -0.25) is 9.59 Å². The maximum atomic E-state index is 12.7. The molecule has 1 aromatic heterocycles. The number of nitrogens with one attached hydrogen (secondary N) is 1. The number of carbonyl (C=O) groups excluding carboxylic acids is 2. The molecule has 1 fully saturated rings. The van der Waals surface area contributed by atoms with Gasteiger partial charge in [-0.2, -0.15) is 0 Å². The number of thiophene rings is 1. The molecule has 26 heavy (non-hydrogen) atoms. The molecule has 1 aliphatic rings. The molecule has 6 heteroatoms. The summed E-state index contributed by atoms with van der Waals surface area (Å²) in [6.07, 6.45) is 1.67. The Bertz CT molecular complexity index is 786. The molecule has 5 nitrogen and oxygen atoms in total. The van der Waals surface area contributed by atoms with Gasteiger partial charge in [-0.15, -0.1) is 11.3 Å². The summed E-state index contributed by atoms with van der Waals surface area (Å²) in [5.74, 6) is -0.140. The number of rotatable bonds is 4. The second kappa shape index (κ2) is 7.91. The standard InChI is InChI=1S/C20H25N3O2S/c1-14-12-16(22(2)3)8-9-17(14)21-19(24)15-6-4-10-23(13-15)20(25)18-7-5-11-26-18/h5,7-9,11-12,15H,4,6,10,13H2,1-3H3,(H,21,24). The molecule has 2 amide bonds. The third-order valence-electron chi connectivity index (χ3n) is 4.80. The van der Waals surface area contributed by atoms with Crippen LogP contribution in [0.15, 0.2) is 35.7 Å². The predicted octanol–water partition coefficient (Wildman–Crippen LogP) is 3.61. The van der Waals surface area contributed by atoms with Crippen LogP contribution in [0.1, 0.15) is 28.1 Å². The Labute approximate surface area is 158 Å². The molecule has 2 heterocycles. The number of piperidine rings is 1. The van der Waals surface area contributed by atoms with Crippen molar-refractivity contribution in [3.05, 3.63) is 46.2 Å². The van der Waals surface area contributed by atoms with Crippen LogP contribution in [0.2, 0.25) is 0 Å². The van der Waals surface area contributed by atoms with Gasteiger partial charge in [-0.1, -0.05) is 6.07 Å². The minimum atomic E-state index is -0.166. The molecule has 1 aromatic carbocycles. The van der Waals surface area contributed by atoms with E-state index in [1.807, 2.05) is 60.5 Å². The zero-order valence-electron chi connectivity index (χ0n) is 15.5. The molecule has 0 bridgehead atoms. The average Bonchev–Trinajstić information content (AvgIpc) is 3.17. The van der Waals surface area contributed by atoms with Crippen LogP contribution in [0.3, 0.4) is 0 Å². The number of benzene rings is 1. The van der Waals surface area contributed by atoms with Crippen LogP contribution in [-0.4, -0.2) is 43.9 Å². The van der Waals surface area contributed by atoms with Gasteiger partial charge in [0.2, 0.25) is 5.91 Å². The number of likely N-dealkylation sites (tertiary alicyclic amines) is 1. The molecular formula is C20H25N3O2S. The van der Waals surface area contributed by atoms with E-state index in [-0.39, 0.29) is 17.7 Å². The van der Waals surface area contributed by atoms with Gasteiger partial charge in [0.25, 0.3) is 5.91 Å². The third kappa shape index (κ3) is 4.07. The summed E-state index contributed by atoms with van der Waals surface area (Å²) in [5, 5.41) is 4.95. The van der Waals surface area contributed by atoms with Crippen molar-refractivity contribution in [1.29, 1.82) is 0 Å². The van der Waals surface area contributed by atoms with Gasteiger partial charge >= 0.3 is 0 Å². The highest BCUT2D eigenvalue weighted by Gasteiger charge is 2.29. The molecule has 0 spiro atoms. The van der Waals surface area contributed by atoms with E-state index in [1.54, 1.807) is 0 Å². The van der Waals surface area contributed by atoms with Crippen LogP contribution in [-0.2, 0) is 4.79 Å². The molecule has 0 radical (unpaired) electrons. The molecule has 1 N–H and O–H groups in total. The van der Waals surface area contributed by atoms with E-state index in [0.29, 0.717) is 6.54 Å². The lowest BCUT2D eigenvalue weighted by molar-refractivity contribution is -0.121. The van der Waals surface area contributed by atoms with Gasteiger partial charge in [0, 0.05) is 38.6 Å². The largest absolute Gasteiger partial charge is 0.378 e.